The number of amides is 2. The van der Waals surface area contributed by atoms with Crippen LogP contribution in [0.3, 0.4) is 0 Å². The van der Waals surface area contributed by atoms with Crippen LogP contribution in [0.2, 0.25) is 18.6 Å². The second kappa shape index (κ2) is 11.3. The molecule has 0 aliphatic carbocycles. The molecule has 2 saturated heterocycles. The van der Waals surface area contributed by atoms with Gasteiger partial charge in [-0.3, -0.25) is 19.5 Å². The first-order valence-electron chi connectivity index (χ1n) is 16.1. The molecule has 46 heavy (non-hydrogen) atoms. The lowest BCUT2D eigenvalue weighted by Gasteiger charge is -2.33. The Hall–Kier alpha value is -4.03. The number of nitrogens with one attached hydrogen (secondary N) is 1. The topological polar surface area (TPSA) is 128 Å². The van der Waals surface area contributed by atoms with Crippen LogP contribution in [0, 0.1) is 5.92 Å². The van der Waals surface area contributed by atoms with E-state index in [0.29, 0.717) is 40.9 Å². The van der Waals surface area contributed by atoms with Gasteiger partial charge >= 0.3 is 0 Å². The third kappa shape index (κ3) is 4.76. The second-order valence-electron chi connectivity index (χ2n) is 13.5. The van der Waals surface area contributed by atoms with E-state index in [2.05, 4.69) is 5.10 Å². The van der Waals surface area contributed by atoms with Crippen molar-refractivity contribution < 1.29 is 24.2 Å². The van der Waals surface area contributed by atoms with E-state index in [4.69, 9.17) is 4.74 Å². The van der Waals surface area contributed by atoms with Gasteiger partial charge in [0.2, 0.25) is 5.91 Å². The summed E-state index contributed by atoms with van der Waals surface area (Å²) in [6.45, 7) is 6.40. The number of hydrogen-bond donors (Lipinski definition) is 3. The fourth-order valence-corrected chi connectivity index (χ4v) is 10.8. The van der Waals surface area contributed by atoms with E-state index in [1.807, 2.05) is 86.7 Å². The van der Waals surface area contributed by atoms with Crippen LogP contribution in [0.4, 0.5) is 5.69 Å². The average molecular weight is 641 g/mol. The highest BCUT2D eigenvalue weighted by molar-refractivity contribution is 6.71. The van der Waals surface area contributed by atoms with Crippen LogP contribution in [0.25, 0.3) is 16.6 Å². The molecule has 3 aromatic carbocycles. The highest BCUT2D eigenvalue weighted by Gasteiger charge is 2.66. The van der Waals surface area contributed by atoms with E-state index in [-0.39, 0.29) is 36.4 Å². The first kappa shape index (κ1) is 30.6. The Morgan fingerprint density at radius 1 is 1.07 bits per heavy atom. The van der Waals surface area contributed by atoms with Crippen LogP contribution in [-0.4, -0.2) is 70.0 Å². The smallest absolute Gasteiger partial charge is 0.279 e. The van der Waals surface area contributed by atoms with E-state index >= 15 is 0 Å². The molecule has 0 radical (unpaired) electrons. The number of anilines is 1. The minimum atomic E-state index is -3.01. The van der Waals surface area contributed by atoms with E-state index in [9.17, 15) is 24.3 Å². The molecule has 2 fully saturated rings. The second-order valence-corrected chi connectivity index (χ2v) is 17.5. The molecule has 10 nitrogen and oxygen atoms in total. The zero-order chi connectivity index (χ0) is 32.4. The standard InChI is InChI=1S/C35H40N4O6Si/c1-22-32(46(2,3)44)30(19-31(41)37-17-9-12-25(37)21-40)45-35(22)27-18-24(39-33(42)26-13-7-8-14-28(26)36-39)15-16-29(27)38(34(35)43)20-23-10-5-4-6-11-23/h4-8,10-11,13-16,18,22,25,30,32,36,40,44H,9,12,17,19-21H2,1-3H3/t22-,25-,30+,32-,35+/m0/s1. The molecule has 7 rings (SSSR count). The van der Waals surface area contributed by atoms with Crippen LogP contribution in [0.1, 0.15) is 37.3 Å². The Balaban J connectivity index is 1.35. The number of para-hydroxylation sites is 1. The Labute approximate surface area is 268 Å². The van der Waals surface area contributed by atoms with Crippen molar-refractivity contribution in [3.05, 3.63) is 94.3 Å². The number of aliphatic hydroxyl groups excluding tert-OH is 1. The number of ether oxygens (including phenoxy) is 1. The van der Waals surface area contributed by atoms with Gasteiger partial charge in [0.05, 0.1) is 54.0 Å². The molecule has 3 N–H and O–H groups in total. The molecule has 0 bridgehead atoms. The minimum absolute atomic E-state index is 0.00666. The van der Waals surface area contributed by atoms with E-state index in [1.165, 1.54) is 4.68 Å². The van der Waals surface area contributed by atoms with Gasteiger partial charge in [-0.25, -0.2) is 4.68 Å². The summed E-state index contributed by atoms with van der Waals surface area (Å²) in [6, 6.07) is 22.3. The monoisotopic (exact) mass is 640 g/mol. The molecule has 1 spiro atoms. The first-order valence-corrected chi connectivity index (χ1v) is 19.1. The molecule has 240 valence electrons. The summed E-state index contributed by atoms with van der Waals surface area (Å²) >= 11 is 0. The molecule has 2 amide bonds. The molecule has 0 unspecified atom stereocenters. The Morgan fingerprint density at radius 3 is 2.52 bits per heavy atom. The van der Waals surface area contributed by atoms with Crippen LogP contribution in [0.15, 0.2) is 77.6 Å². The summed E-state index contributed by atoms with van der Waals surface area (Å²) in [5.41, 5.74) is 1.40. The van der Waals surface area contributed by atoms with E-state index in [0.717, 1.165) is 18.4 Å². The molecule has 0 saturated carbocycles. The lowest BCUT2D eigenvalue weighted by molar-refractivity contribution is -0.150. The lowest BCUT2D eigenvalue weighted by Crippen LogP contribution is -2.46. The summed E-state index contributed by atoms with van der Waals surface area (Å²) in [5.74, 6) is -0.849. The number of H-pyrrole nitrogens is 1. The number of benzene rings is 3. The number of aliphatic hydroxyl groups is 1. The summed E-state index contributed by atoms with van der Waals surface area (Å²) in [6.07, 6.45) is 0.866. The Morgan fingerprint density at radius 2 is 1.80 bits per heavy atom. The molecule has 4 aromatic rings. The molecular weight excluding hydrogens is 600 g/mol. The predicted octanol–water partition coefficient (Wildman–Crippen LogP) is 4.04. The van der Waals surface area contributed by atoms with Crippen molar-refractivity contribution in [1.29, 1.82) is 0 Å². The van der Waals surface area contributed by atoms with E-state index in [1.54, 1.807) is 15.9 Å². The van der Waals surface area contributed by atoms with Gasteiger partial charge in [-0.2, -0.15) is 0 Å². The molecular formula is C35H40N4O6Si. The molecule has 1 aromatic heterocycles. The molecule has 5 atom stereocenters. The number of hydrogen-bond acceptors (Lipinski definition) is 6. The number of rotatable bonds is 7. The van der Waals surface area contributed by atoms with Gasteiger partial charge in [0, 0.05) is 23.6 Å². The van der Waals surface area contributed by atoms with Gasteiger partial charge in [-0.1, -0.05) is 49.4 Å². The average Bonchev–Trinajstić information content (AvgIpc) is 3.78. The van der Waals surface area contributed by atoms with Gasteiger partial charge < -0.3 is 24.4 Å². The number of carbonyl (C=O) groups is 2. The predicted molar refractivity (Wildman–Crippen MR) is 177 cm³/mol. The SMILES string of the molecule is C[C@H]1[C@H]([Si](C)(C)O)[C@@H](CC(=O)N2CCC[C@H]2CO)O[C@]12C(=O)N(Cc1ccccc1)c1ccc(-n3[nH]c4ccccc4c3=O)cc12. The first-order chi connectivity index (χ1) is 22.0. The number of nitrogens with zero attached hydrogens (tertiary/aromatic N) is 3. The summed E-state index contributed by atoms with van der Waals surface area (Å²) in [4.78, 5) is 57.1. The number of fused-ring (bicyclic) bond motifs is 3. The minimum Gasteiger partial charge on any atom is -0.432 e. The van der Waals surface area contributed by atoms with Crippen LogP contribution in [0.5, 0.6) is 0 Å². The van der Waals surface area contributed by atoms with Crippen molar-refractivity contribution >= 4 is 36.7 Å². The maximum Gasteiger partial charge on any atom is 0.279 e. The normalized spacial score (nSPS) is 26.1. The summed E-state index contributed by atoms with van der Waals surface area (Å²) < 4.78 is 8.40. The number of carbonyl (C=O) groups excluding carboxylic acids is 2. The van der Waals surface area contributed by atoms with E-state index < -0.39 is 31.5 Å². The number of likely N-dealkylation sites (tertiary alicyclic amines) is 1. The molecule has 4 heterocycles. The van der Waals surface area contributed by atoms with Crippen molar-refractivity contribution in [3.8, 4) is 5.69 Å². The van der Waals surface area contributed by atoms with Crippen LogP contribution >= 0.6 is 0 Å². The maximum atomic E-state index is 14.8. The Kier molecular flexibility index (Phi) is 7.55. The van der Waals surface area contributed by atoms with Crippen molar-refractivity contribution in [1.82, 2.24) is 14.7 Å². The molecule has 3 aliphatic rings. The van der Waals surface area contributed by atoms with Crippen molar-refractivity contribution in [2.75, 3.05) is 18.1 Å². The van der Waals surface area contributed by atoms with Gasteiger partial charge in [0.25, 0.3) is 11.5 Å². The largest absolute Gasteiger partial charge is 0.432 e. The fraction of sp³-hybridized carbons (Fsp3) is 0.400. The third-order valence-corrected chi connectivity index (χ3v) is 12.8. The summed E-state index contributed by atoms with van der Waals surface area (Å²) in [7, 11) is -3.01. The third-order valence-electron chi connectivity index (χ3n) is 10.3. The lowest BCUT2D eigenvalue weighted by atomic mass is 9.82. The van der Waals surface area contributed by atoms with Crippen molar-refractivity contribution in [2.24, 2.45) is 5.92 Å². The van der Waals surface area contributed by atoms with Crippen molar-refractivity contribution in [3.63, 3.8) is 0 Å². The number of aromatic amines is 1. The maximum absolute atomic E-state index is 14.8. The summed E-state index contributed by atoms with van der Waals surface area (Å²) in [5, 5.41) is 13.6. The van der Waals surface area contributed by atoms with Crippen molar-refractivity contribution in [2.45, 2.75) is 69.1 Å². The highest BCUT2D eigenvalue weighted by Crippen LogP contribution is 2.60. The Bertz CT molecular complexity index is 1870. The zero-order valence-corrected chi connectivity index (χ0v) is 27.3. The quantitative estimate of drug-likeness (QED) is 0.262. The fourth-order valence-electron chi connectivity index (χ4n) is 8.21. The van der Waals surface area contributed by atoms with Gasteiger partial charge in [-0.15, -0.1) is 0 Å². The zero-order valence-electron chi connectivity index (χ0n) is 26.3. The van der Waals surface area contributed by atoms with Gasteiger partial charge in [-0.05, 0) is 61.8 Å². The molecule has 3 aliphatic heterocycles. The highest BCUT2D eigenvalue weighted by atomic mass is 28.4. The van der Waals surface area contributed by atoms with Crippen LogP contribution in [-0.2, 0) is 26.5 Å². The van der Waals surface area contributed by atoms with Crippen LogP contribution < -0.4 is 10.5 Å². The molecule has 11 heteroatoms. The number of aromatic nitrogens is 2. The van der Waals surface area contributed by atoms with Gasteiger partial charge in [0.15, 0.2) is 13.9 Å². The van der Waals surface area contributed by atoms with Gasteiger partial charge in [0.1, 0.15) is 0 Å².